The molecule has 2 aromatic rings. The monoisotopic (exact) mass is 359 g/mol. The quantitative estimate of drug-likeness (QED) is 0.842. The minimum atomic E-state index is -0.633. The van der Waals surface area contributed by atoms with E-state index < -0.39 is 11.6 Å². The van der Waals surface area contributed by atoms with Gasteiger partial charge in [0.05, 0.1) is 15.7 Å². The standard InChI is InChI=1S/C16H14Cl2F2N2O/c1-9(11-6-5-10(19)7-13(11)20)21-8-15(23)22-14-4-2-3-12(17)16(14)18/h2-7,9,21H,8H2,1H3,(H,22,23)/p+1/t9-/m0/s1. The largest absolute Gasteiger partial charge is 0.332 e. The van der Waals surface area contributed by atoms with Crippen molar-refractivity contribution < 1.29 is 18.9 Å². The molecular formula is C16H15Cl2F2N2O+. The molecule has 7 heteroatoms. The lowest BCUT2D eigenvalue weighted by Gasteiger charge is -2.12. The number of hydrogen-bond donors (Lipinski definition) is 2. The average Bonchev–Trinajstić information content (AvgIpc) is 2.49. The number of nitrogens with two attached hydrogens (primary N) is 1. The summed E-state index contributed by atoms with van der Waals surface area (Å²) in [7, 11) is 0. The summed E-state index contributed by atoms with van der Waals surface area (Å²) in [6.07, 6.45) is 0. The van der Waals surface area contributed by atoms with Gasteiger partial charge in [-0.1, -0.05) is 29.3 Å². The first-order valence-corrected chi connectivity index (χ1v) is 7.66. The van der Waals surface area contributed by atoms with E-state index in [9.17, 15) is 13.6 Å². The molecule has 122 valence electrons. The first-order chi connectivity index (χ1) is 10.9. The van der Waals surface area contributed by atoms with Crippen LogP contribution in [0, 0.1) is 11.6 Å². The fourth-order valence-electron chi connectivity index (χ4n) is 2.08. The Balaban J connectivity index is 1.95. The Morgan fingerprint density at radius 1 is 1.26 bits per heavy atom. The summed E-state index contributed by atoms with van der Waals surface area (Å²) in [4.78, 5) is 12.0. The van der Waals surface area contributed by atoms with Crippen molar-refractivity contribution in [1.29, 1.82) is 0 Å². The van der Waals surface area contributed by atoms with Gasteiger partial charge in [-0.25, -0.2) is 8.78 Å². The molecule has 1 atom stereocenters. The van der Waals surface area contributed by atoms with Crippen LogP contribution in [-0.2, 0) is 4.79 Å². The number of amides is 1. The molecule has 0 aromatic heterocycles. The maximum atomic E-state index is 13.7. The number of nitrogens with one attached hydrogen (secondary N) is 1. The Hall–Kier alpha value is -1.69. The van der Waals surface area contributed by atoms with Gasteiger partial charge < -0.3 is 10.6 Å². The van der Waals surface area contributed by atoms with Crippen LogP contribution in [0.4, 0.5) is 14.5 Å². The Kier molecular flexibility index (Phi) is 5.93. The van der Waals surface area contributed by atoms with Crippen molar-refractivity contribution in [3.63, 3.8) is 0 Å². The fourth-order valence-corrected chi connectivity index (χ4v) is 2.43. The summed E-state index contributed by atoms with van der Waals surface area (Å²) < 4.78 is 26.6. The number of carbonyl (C=O) groups excluding carboxylic acids is 1. The summed E-state index contributed by atoms with van der Waals surface area (Å²) in [5, 5.41) is 4.89. The molecule has 0 heterocycles. The van der Waals surface area contributed by atoms with Gasteiger partial charge in [0.15, 0.2) is 6.54 Å². The highest BCUT2D eigenvalue weighted by molar-refractivity contribution is 6.43. The van der Waals surface area contributed by atoms with Crippen LogP contribution in [-0.4, -0.2) is 12.5 Å². The molecule has 23 heavy (non-hydrogen) atoms. The van der Waals surface area contributed by atoms with Crippen LogP contribution in [0.3, 0.4) is 0 Å². The molecule has 0 bridgehead atoms. The van der Waals surface area contributed by atoms with Crippen molar-refractivity contribution in [3.8, 4) is 0 Å². The van der Waals surface area contributed by atoms with Crippen molar-refractivity contribution in [3.05, 3.63) is 63.6 Å². The van der Waals surface area contributed by atoms with Gasteiger partial charge in [-0.15, -0.1) is 0 Å². The maximum absolute atomic E-state index is 13.7. The number of carbonyl (C=O) groups is 1. The molecule has 0 aliphatic carbocycles. The van der Waals surface area contributed by atoms with E-state index >= 15 is 0 Å². The highest BCUT2D eigenvalue weighted by atomic mass is 35.5. The second kappa shape index (κ2) is 7.73. The zero-order valence-corrected chi connectivity index (χ0v) is 13.8. The van der Waals surface area contributed by atoms with Gasteiger partial charge in [0.1, 0.15) is 17.7 Å². The maximum Gasteiger partial charge on any atom is 0.279 e. The Morgan fingerprint density at radius 3 is 2.70 bits per heavy atom. The number of rotatable bonds is 5. The second-order valence-corrected chi connectivity index (χ2v) is 5.83. The Labute approximate surface area is 142 Å². The third kappa shape index (κ3) is 4.64. The Bertz CT molecular complexity index is 725. The molecule has 2 aromatic carbocycles. The SMILES string of the molecule is C[C@H]([NH2+]CC(=O)Nc1cccc(Cl)c1Cl)c1ccc(F)cc1F. The van der Waals surface area contributed by atoms with Crippen LogP contribution in [0.15, 0.2) is 36.4 Å². The zero-order valence-electron chi connectivity index (χ0n) is 12.2. The molecule has 0 radical (unpaired) electrons. The summed E-state index contributed by atoms with van der Waals surface area (Å²) in [6, 6.07) is 7.97. The molecule has 0 aliphatic rings. The average molecular weight is 360 g/mol. The predicted molar refractivity (Wildman–Crippen MR) is 86.7 cm³/mol. The van der Waals surface area contributed by atoms with E-state index in [-0.39, 0.29) is 23.5 Å². The molecule has 0 saturated heterocycles. The topological polar surface area (TPSA) is 45.7 Å². The zero-order chi connectivity index (χ0) is 17.0. The first kappa shape index (κ1) is 17.7. The lowest BCUT2D eigenvalue weighted by molar-refractivity contribution is -0.682. The number of anilines is 1. The first-order valence-electron chi connectivity index (χ1n) is 6.90. The van der Waals surface area contributed by atoms with Crippen LogP contribution in [0.2, 0.25) is 10.0 Å². The normalized spacial score (nSPS) is 12.0. The number of quaternary nitrogens is 1. The van der Waals surface area contributed by atoms with Gasteiger partial charge in [0, 0.05) is 11.6 Å². The molecule has 0 aliphatic heterocycles. The van der Waals surface area contributed by atoms with Crippen LogP contribution < -0.4 is 10.6 Å². The van der Waals surface area contributed by atoms with E-state index in [1.54, 1.807) is 30.4 Å². The molecule has 0 fully saturated rings. The van der Waals surface area contributed by atoms with Crippen LogP contribution in [0.25, 0.3) is 0 Å². The van der Waals surface area contributed by atoms with Crippen LogP contribution in [0.5, 0.6) is 0 Å². The fraction of sp³-hybridized carbons (Fsp3) is 0.188. The van der Waals surface area contributed by atoms with Gasteiger partial charge in [-0.3, -0.25) is 4.79 Å². The second-order valence-electron chi connectivity index (χ2n) is 5.04. The minimum absolute atomic E-state index is 0.0564. The van der Waals surface area contributed by atoms with E-state index in [1.165, 1.54) is 12.1 Å². The molecule has 0 saturated carbocycles. The molecule has 2 rings (SSSR count). The number of benzene rings is 2. The molecule has 3 N–H and O–H groups in total. The molecule has 1 amide bonds. The van der Waals surface area contributed by atoms with E-state index in [1.807, 2.05) is 0 Å². The highest BCUT2D eigenvalue weighted by Gasteiger charge is 2.16. The van der Waals surface area contributed by atoms with E-state index in [2.05, 4.69) is 5.32 Å². The molecule has 3 nitrogen and oxygen atoms in total. The molecule has 0 unspecified atom stereocenters. The van der Waals surface area contributed by atoms with Gasteiger partial charge in [-0.2, -0.15) is 0 Å². The lowest BCUT2D eigenvalue weighted by atomic mass is 10.1. The van der Waals surface area contributed by atoms with E-state index in [0.29, 0.717) is 16.3 Å². The molecular weight excluding hydrogens is 345 g/mol. The van der Waals surface area contributed by atoms with E-state index in [4.69, 9.17) is 23.2 Å². The number of halogens is 4. The third-order valence-electron chi connectivity index (χ3n) is 3.34. The van der Waals surface area contributed by atoms with E-state index in [0.717, 1.165) is 6.07 Å². The van der Waals surface area contributed by atoms with Crippen LogP contribution in [0.1, 0.15) is 18.5 Å². The minimum Gasteiger partial charge on any atom is -0.332 e. The van der Waals surface area contributed by atoms with Gasteiger partial charge in [0.25, 0.3) is 5.91 Å². The van der Waals surface area contributed by atoms with Crippen molar-refractivity contribution in [2.75, 3.05) is 11.9 Å². The lowest BCUT2D eigenvalue weighted by Crippen LogP contribution is -2.86. The van der Waals surface area contributed by atoms with Crippen LogP contribution >= 0.6 is 23.2 Å². The van der Waals surface area contributed by atoms with Crippen molar-refractivity contribution in [1.82, 2.24) is 0 Å². The van der Waals surface area contributed by atoms with Gasteiger partial charge >= 0.3 is 0 Å². The summed E-state index contributed by atoms with van der Waals surface area (Å²) in [5.74, 6) is -1.57. The molecule has 0 spiro atoms. The Morgan fingerprint density at radius 2 is 2.00 bits per heavy atom. The van der Waals surface area contributed by atoms with Crippen molar-refractivity contribution >= 4 is 34.8 Å². The van der Waals surface area contributed by atoms with Gasteiger partial charge in [-0.05, 0) is 31.2 Å². The number of hydrogen-bond acceptors (Lipinski definition) is 1. The van der Waals surface area contributed by atoms with Crippen molar-refractivity contribution in [2.45, 2.75) is 13.0 Å². The van der Waals surface area contributed by atoms with Gasteiger partial charge in [0.2, 0.25) is 0 Å². The highest BCUT2D eigenvalue weighted by Crippen LogP contribution is 2.29. The third-order valence-corrected chi connectivity index (χ3v) is 4.15. The van der Waals surface area contributed by atoms with Crippen molar-refractivity contribution in [2.24, 2.45) is 0 Å². The predicted octanol–water partition coefficient (Wildman–Crippen LogP) is 3.53. The summed E-state index contributed by atoms with van der Waals surface area (Å²) >= 11 is 11.9. The summed E-state index contributed by atoms with van der Waals surface area (Å²) in [5.41, 5.74) is 0.748. The smallest absolute Gasteiger partial charge is 0.279 e. The summed E-state index contributed by atoms with van der Waals surface area (Å²) in [6.45, 7) is 1.79.